The molecule has 0 spiro atoms. The van der Waals surface area contributed by atoms with Gasteiger partial charge in [0, 0.05) is 30.5 Å². The summed E-state index contributed by atoms with van der Waals surface area (Å²) in [7, 11) is 1.58. The fraction of sp³-hybridized carbons (Fsp3) is 0.250. The highest BCUT2D eigenvalue weighted by atomic mass is 32.1. The predicted molar refractivity (Wildman–Crippen MR) is 158 cm³/mol. The van der Waals surface area contributed by atoms with Gasteiger partial charge in [-0.3, -0.25) is 14.9 Å². The van der Waals surface area contributed by atoms with Crippen LogP contribution >= 0.6 is 11.3 Å². The molecule has 0 radical (unpaired) electrons. The van der Waals surface area contributed by atoms with E-state index in [0.717, 1.165) is 11.3 Å². The van der Waals surface area contributed by atoms with E-state index >= 15 is 0 Å². The number of carbonyl (C=O) groups excluding carboxylic acids is 1. The molecule has 5 rings (SSSR count). The highest BCUT2D eigenvalue weighted by Crippen LogP contribution is 2.29. The lowest BCUT2D eigenvalue weighted by Gasteiger charge is -2.10. The summed E-state index contributed by atoms with van der Waals surface area (Å²) in [5, 5.41) is 18.7. The molecule has 43 heavy (non-hydrogen) atoms. The van der Waals surface area contributed by atoms with Gasteiger partial charge in [-0.25, -0.2) is 19.6 Å². The monoisotopic (exact) mass is 605 g/mol. The summed E-state index contributed by atoms with van der Waals surface area (Å²) in [6, 6.07) is 13.4. The Morgan fingerprint density at radius 3 is 2.49 bits per heavy atom. The van der Waals surface area contributed by atoms with Crippen LogP contribution in [0.3, 0.4) is 0 Å². The van der Waals surface area contributed by atoms with Gasteiger partial charge in [-0.2, -0.15) is 5.10 Å². The van der Waals surface area contributed by atoms with Crippen molar-refractivity contribution in [1.29, 1.82) is 0 Å². The SMILES string of the molecule is CCOCCOCCOc1ccc(-c2nc(NC(=O)c3ccc([N+](=O)[O-])s3)c3cnn(-c4ccc(OC)cc4)c3n2)cn1. The van der Waals surface area contributed by atoms with Gasteiger partial charge >= 0.3 is 5.00 Å². The normalized spacial score (nSPS) is 11.0. The number of hydrogen-bond acceptors (Lipinski definition) is 12. The third-order valence-electron chi connectivity index (χ3n) is 6.02. The van der Waals surface area contributed by atoms with Crippen molar-refractivity contribution in [3.63, 3.8) is 0 Å². The molecule has 0 saturated heterocycles. The van der Waals surface area contributed by atoms with Crippen LogP contribution in [0.2, 0.25) is 0 Å². The minimum atomic E-state index is -0.549. The van der Waals surface area contributed by atoms with Crippen LogP contribution in [0.4, 0.5) is 10.8 Å². The zero-order valence-electron chi connectivity index (χ0n) is 23.3. The van der Waals surface area contributed by atoms with Crippen LogP contribution in [0.5, 0.6) is 11.6 Å². The Morgan fingerprint density at radius 2 is 1.79 bits per heavy atom. The fourth-order valence-electron chi connectivity index (χ4n) is 3.93. The maximum Gasteiger partial charge on any atom is 0.324 e. The summed E-state index contributed by atoms with van der Waals surface area (Å²) in [4.78, 5) is 37.5. The second-order valence-corrected chi connectivity index (χ2v) is 9.84. The number of carbonyl (C=O) groups is 1. The quantitative estimate of drug-likeness (QED) is 0.107. The molecule has 0 aliphatic heterocycles. The minimum absolute atomic E-state index is 0.142. The molecule has 1 N–H and O–H groups in total. The van der Waals surface area contributed by atoms with Crippen molar-refractivity contribution in [3.05, 3.63) is 75.9 Å². The lowest BCUT2D eigenvalue weighted by molar-refractivity contribution is -0.380. The molecular formula is C28H27N7O7S. The van der Waals surface area contributed by atoms with Crippen molar-refractivity contribution in [1.82, 2.24) is 24.7 Å². The molecule has 0 aliphatic carbocycles. The van der Waals surface area contributed by atoms with Gasteiger partial charge in [0.15, 0.2) is 11.5 Å². The van der Waals surface area contributed by atoms with E-state index in [2.05, 4.69) is 20.4 Å². The second kappa shape index (κ2) is 13.8. The van der Waals surface area contributed by atoms with E-state index in [1.165, 1.54) is 12.1 Å². The van der Waals surface area contributed by atoms with Crippen LogP contribution < -0.4 is 14.8 Å². The zero-order chi connectivity index (χ0) is 30.2. The van der Waals surface area contributed by atoms with E-state index in [-0.39, 0.29) is 21.5 Å². The number of hydrogen-bond donors (Lipinski definition) is 1. The molecule has 0 atom stereocenters. The number of rotatable bonds is 14. The Kier molecular flexibility index (Phi) is 9.46. The van der Waals surface area contributed by atoms with Crippen molar-refractivity contribution in [3.8, 4) is 28.7 Å². The molecule has 0 saturated carbocycles. The number of fused-ring (bicyclic) bond motifs is 1. The summed E-state index contributed by atoms with van der Waals surface area (Å²) < 4.78 is 23.2. The summed E-state index contributed by atoms with van der Waals surface area (Å²) in [6.45, 7) is 4.29. The lowest BCUT2D eigenvalue weighted by Crippen LogP contribution is -2.13. The van der Waals surface area contributed by atoms with Gasteiger partial charge in [0.25, 0.3) is 5.91 Å². The summed E-state index contributed by atoms with van der Waals surface area (Å²) in [5.74, 6) is 0.985. The minimum Gasteiger partial charge on any atom is -0.497 e. The van der Waals surface area contributed by atoms with E-state index in [4.69, 9.17) is 23.9 Å². The summed E-state index contributed by atoms with van der Waals surface area (Å²) in [5.41, 5.74) is 1.69. The Balaban J connectivity index is 1.42. The number of benzene rings is 1. The van der Waals surface area contributed by atoms with Crippen LogP contribution in [-0.4, -0.2) is 75.7 Å². The Bertz CT molecular complexity index is 1710. The molecule has 14 nitrogen and oxygen atoms in total. The largest absolute Gasteiger partial charge is 0.497 e. The van der Waals surface area contributed by atoms with Crippen LogP contribution in [0.25, 0.3) is 28.1 Å². The number of nitrogens with zero attached hydrogens (tertiary/aromatic N) is 6. The third kappa shape index (κ3) is 7.09. The van der Waals surface area contributed by atoms with Crippen molar-refractivity contribution < 1.29 is 28.7 Å². The van der Waals surface area contributed by atoms with Gasteiger partial charge < -0.3 is 24.3 Å². The first kappa shape index (κ1) is 29.5. The lowest BCUT2D eigenvalue weighted by atomic mass is 10.2. The number of nitro groups is 1. The van der Waals surface area contributed by atoms with Gasteiger partial charge in [0.2, 0.25) is 5.88 Å². The predicted octanol–water partition coefficient (Wildman–Crippen LogP) is 4.54. The first-order chi connectivity index (χ1) is 21.0. The molecule has 0 aliphatic rings. The number of aromatic nitrogens is 5. The molecule has 0 bridgehead atoms. The summed E-state index contributed by atoms with van der Waals surface area (Å²) >= 11 is 0.768. The molecule has 4 aromatic heterocycles. The number of nitrogens with one attached hydrogen (secondary N) is 1. The molecular weight excluding hydrogens is 578 g/mol. The van der Waals surface area contributed by atoms with Gasteiger partial charge in [-0.1, -0.05) is 11.3 Å². The van der Waals surface area contributed by atoms with Gasteiger partial charge in [-0.15, -0.1) is 0 Å². The molecule has 222 valence electrons. The van der Waals surface area contributed by atoms with Crippen molar-refractivity contribution >= 4 is 39.1 Å². The molecule has 5 aromatic rings. The number of amides is 1. The molecule has 1 aromatic carbocycles. The van der Waals surface area contributed by atoms with Crippen molar-refractivity contribution in [2.24, 2.45) is 0 Å². The number of methoxy groups -OCH3 is 1. The topological polar surface area (TPSA) is 166 Å². The number of ether oxygens (including phenoxy) is 4. The van der Waals surface area contributed by atoms with E-state index in [1.807, 2.05) is 19.1 Å². The highest BCUT2D eigenvalue weighted by Gasteiger charge is 2.20. The van der Waals surface area contributed by atoms with Crippen LogP contribution in [0.15, 0.2) is 60.9 Å². The second-order valence-electron chi connectivity index (χ2n) is 8.78. The first-order valence-corrected chi connectivity index (χ1v) is 14.0. The zero-order valence-corrected chi connectivity index (χ0v) is 24.1. The van der Waals surface area contributed by atoms with E-state index in [1.54, 1.807) is 48.5 Å². The van der Waals surface area contributed by atoms with Crippen molar-refractivity contribution in [2.75, 3.05) is 45.5 Å². The molecule has 0 fully saturated rings. The standard InChI is InChI=1S/C28H27N7O7S/c1-3-40-12-13-41-14-15-42-23-10-4-18(16-29-23)25-31-26(33-28(36)22-9-11-24(43-22)35(37)38)21-17-30-34(27(21)32-25)19-5-7-20(39-2)8-6-19/h4-11,16-17H,3,12-15H2,1-2H3,(H,31,32,33,36). The van der Waals surface area contributed by atoms with Crippen molar-refractivity contribution in [2.45, 2.75) is 6.92 Å². The Morgan fingerprint density at radius 1 is 1.00 bits per heavy atom. The fourth-order valence-corrected chi connectivity index (χ4v) is 4.64. The average molecular weight is 606 g/mol. The third-order valence-corrected chi connectivity index (χ3v) is 7.06. The smallest absolute Gasteiger partial charge is 0.324 e. The Hall–Kier alpha value is -4.99. The van der Waals surface area contributed by atoms with Gasteiger partial charge in [0.05, 0.1) is 54.0 Å². The molecule has 4 heterocycles. The van der Waals surface area contributed by atoms with Crippen LogP contribution in [0, 0.1) is 10.1 Å². The number of pyridine rings is 1. The van der Waals surface area contributed by atoms with Crippen LogP contribution in [-0.2, 0) is 9.47 Å². The average Bonchev–Trinajstić information content (AvgIpc) is 3.70. The molecule has 1 amide bonds. The van der Waals surface area contributed by atoms with Crippen LogP contribution in [0.1, 0.15) is 16.6 Å². The summed E-state index contributed by atoms with van der Waals surface area (Å²) in [6.07, 6.45) is 3.11. The van der Waals surface area contributed by atoms with E-state index in [0.29, 0.717) is 66.9 Å². The van der Waals surface area contributed by atoms with Gasteiger partial charge in [0.1, 0.15) is 18.2 Å². The Labute approximate surface area is 249 Å². The molecule has 15 heteroatoms. The van der Waals surface area contributed by atoms with E-state index < -0.39 is 10.8 Å². The number of anilines is 1. The van der Waals surface area contributed by atoms with E-state index in [9.17, 15) is 14.9 Å². The maximum atomic E-state index is 13.1. The highest BCUT2D eigenvalue weighted by molar-refractivity contribution is 7.17. The number of thiophene rings is 1. The van der Waals surface area contributed by atoms with Gasteiger partial charge in [-0.05, 0) is 43.3 Å². The first-order valence-electron chi connectivity index (χ1n) is 13.2. The maximum absolute atomic E-state index is 13.1. The molecule has 0 unspecified atom stereocenters.